The Morgan fingerprint density at radius 2 is 2.00 bits per heavy atom. The summed E-state index contributed by atoms with van der Waals surface area (Å²) in [5.41, 5.74) is 2.97. The van der Waals surface area contributed by atoms with Crippen molar-refractivity contribution in [2.24, 2.45) is 5.92 Å². The highest BCUT2D eigenvalue weighted by molar-refractivity contribution is 6.08. The van der Waals surface area contributed by atoms with E-state index in [0.29, 0.717) is 45.0 Å². The van der Waals surface area contributed by atoms with Gasteiger partial charge in [-0.3, -0.25) is 9.59 Å². The molecule has 1 saturated heterocycles. The van der Waals surface area contributed by atoms with Crippen LogP contribution in [0.25, 0.3) is 16.5 Å². The number of benzene rings is 1. The normalized spacial score (nSPS) is 25.9. The minimum Gasteiger partial charge on any atom is -0.460 e. The highest BCUT2D eigenvalue weighted by atomic mass is 19.1. The van der Waals surface area contributed by atoms with Gasteiger partial charge in [-0.2, -0.15) is 5.10 Å². The maximum Gasteiger partial charge on any atom is 0.256 e. The Morgan fingerprint density at radius 3 is 2.68 bits per heavy atom. The standard InChI is InChI=1S/C28H27FN4O4/c1-14-20(27(35)32-13-21(29)15(32)2)12-33-25(14)22(6-7-30-33)37-18-4-5-19-23(8-18)36-16(3)24(19)26(34)31-28-9-17(10-28)11-28/h4-8,12,15,17,21H,9-11,13H2,1-3H3,(H,31,34)/t15-,17?,21+,28?/m0/s1. The number of aryl methyl sites for hydroxylation is 2. The van der Waals surface area contributed by atoms with Crippen molar-refractivity contribution >= 4 is 28.3 Å². The predicted octanol–water partition coefficient (Wildman–Crippen LogP) is 4.95. The molecular formula is C28H27FN4O4. The first kappa shape index (κ1) is 22.3. The summed E-state index contributed by atoms with van der Waals surface area (Å²) >= 11 is 0. The van der Waals surface area contributed by atoms with Crippen LogP contribution in [0.3, 0.4) is 0 Å². The van der Waals surface area contributed by atoms with E-state index < -0.39 is 12.2 Å². The van der Waals surface area contributed by atoms with Crippen LogP contribution in [-0.2, 0) is 0 Å². The van der Waals surface area contributed by atoms with E-state index in [0.717, 1.165) is 30.6 Å². The van der Waals surface area contributed by atoms with Gasteiger partial charge in [-0.05, 0) is 63.6 Å². The lowest BCUT2D eigenvalue weighted by Crippen LogP contribution is -2.68. The molecule has 2 atom stereocenters. The third kappa shape index (κ3) is 3.22. The fourth-order valence-corrected chi connectivity index (χ4v) is 6.11. The molecule has 4 aromatic rings. The van der Waals surface area contributed by atoms with Gasteiger partial charge in [0.05, 0.1) is 29.9 Å². The molecule has 9 heteroatoms. The number of ether oxygens (including phenoxy) is 1. The number of hydrogen-bond donors (Lipinski definition) is 1. The van der Waals surface area contributed by atoms with Crippen LogP contribution in [0, 0.1) is 19.8 Å². The first-order valence-corrected chi connectivity index (χ1v) is 12.7. The third-order valence-electron chi connectivity index (χ3n) is 8.48. The van der Waals surface area contributed by atoms with Crippen LogP contribution in [0.5, 0.6) is 11.5 Å². The summed E-state index contributed by atoms with van der Waals surface area (Å²) in [6.07, 6.45) is 5.49. The summed E-state index contributed by atoms with van der Waals surface area (Å²) in [4.78, 5) is 27.6. The monoisotopic (exact) mass is 502 g/mol. The van der Waals surface area contributed by atoms with E-state index in [1.54, 1.807) is 49.0 Å². The number of aromatic nitrogens is 2. The summed E-state index contributed by atoms with van der Waals surface area (Å²) in [5, 5.41) is 8.30. The molecule has 190 valence electrons. The molecule has 4 heterocycles. The van der Waals surface area contributed by atoms with Gasteiger partial charge >= 0.3 is 0 Å². The largest absolute Gasteiger partial charge is 0.460 e. The molecule has 0 unspecified atom stereocenters. The number of furan rings is 1. The van der Waals surface area contributed by atoms with Crippen molar-refractivity contribution in [2.75, 3.05) is 6.54 Å². The number of nitrogens with one attached hydrogen (secondary N) is 1. The van der Waals surface area contributed by atoms with Gasteiger partial charge in [0, 0.05) is 29.3 Å². The Kier molecular flexibility index (Phi) is 4.57. The topological polar surface area (TPSA) is 89.1 Å². The molecule has 3 aromatic heterocycles. The van der Waals surface area contributed by atoms with Crippen LogP contribution in [0.1, 0.15) is 58.2 Å². The smallest absolute Gasteiger partial charge is 0.256 e. The van der Waals surface area contributed by atoms with Crippen molar-refractivity contribution in [3.8, 4) is 11.5 Å². The van der Waals surface area contributed by atoms with Crippen molar-refractivity contribution in [1.29, 1.82) is 0 Å². The molecule has 1 aromatic carbocycles. The lowest BCUT2D eigenvalue weighted by molar-refractivity contribution is -0.0438. The molecule has 4 fully saturated rings. The summed E-state index contributed by atoms with van der Waals surface area (Å²) < 4.78 is 27.4. The summed E-state index contributed by atoms with van der Waals surface area (Å²) in [6, 6.07) is 6.72. The number of carbonyl (C=O) groups is 2. The van der Waals surface area contributed by atoms with E-state index in [4.69, 9.17) is 9.15 Å². The van der Waals surface area contributed by atoms with Gasteiger partial charge in [-0.15, -0.1) is 0 Å². The van der Waals surface area contributed by atoms with E-state index in [9.17, 15) is 14.0 Å². The zero-order valence-electron chi connectivity index (χ0n) is 20.9. The second-order valence-electron chi connectivity index (χ2n) is 10.9. The number of carbonyl (C=O) groups excluding carboxylic acids is 2. The quantitative estimate of drug-likeness (QED) is 0.417. The number of hydrogen-bond acceptors (Lipinski definition) is 5. The molecule has 2 bridgehead atoms. The highest BCUT2D eigenvalue weighted by Gasteiger charge is 2.57. The molecule has 0 radical (unpaired) electrons. The fraction of sp³-hybridized carbons (Fsp3) is 0.393. The Bertz CT molecular complexity index is 1600. The summed E-state index contributed by atoms with van der Waals surface area (Å²) in [7, 11) is 0. The van der Waals surface area contributed by atoms with Crippen molar-refractivity contribution < 1.29 is 23.1 Å². The summed E-state index contributed by atoms with van der Waals surface area (Å²) in [5.74, 6) is 2.11. The lowest BCUT2D eigenvalue weighted by Gasteiger charge is -2.61. The van der Waals surface area contributed by atoms with Crippen LogP contribution < -0.4 is 10.1 Å². The van der Waals surface area contributed by atoms with Crippen LogP contribution in [-0.4, -0.2) is 50.6 Å². The van der Waals surface area contributed by atoms with Gasteiger partial charge in [0.1, 0.15) is 28.8 Å². The number of nitrogens with zero attached hydrogens (tertiary/aromatic N) is 3. The molecule has 1 N–H and O–H groups in total. The average Bonchev–Trinajstić information content (AvgIpc) is 3.34. The van der Waals surface area contributed by atoms with Gasteiger partial charge in [0.15, 0.2) is 5.75 Å². The van der Waals surface area contributed by atoms with Crippen LogP contribution in [0.2, 0.25) is 0 Å². The number of amides is 2. The Morgan fingerprint density at radius 1 is 1.22 bits per heavy atom. The van der Waals surface area contributed by atoms with Crippen LogP contribution >= 0.6 is 0 Å². The Balaban J connectivity index is 1.18. The first-order chi connectivity index (χ1) is 17.7. The minimum atomic E-state index is -0.992. The molecule has 37 heavy (non-hydrogen) atoms. The maximum absolute atomic E-state index is 13.7. The zero-order chi connectivity index (χ0) is 25.6. The molecule has 3 aliphatic carbocycles. The van der Waals surface area contributed by atoms with E-state index >= 15 is 0 Å². The molecule has 0 spiro atoms. The molecule has 8 nitrogen and oxygen atoms in total. The van der Waals surface area contributed by atoms with Gasteiger partial charge in [0.25, 0.3) is 11.8 Å². The third-order valence-corrected chi connectivity index (χ3v) is 8.48. The fourth-order valence-electron chi connectivity index (χ4n) is 6.11. The van der Waals surface area contributed by atoms with Crippen LogP contribution in [0.15, 0.2) is 41.1 Å². The number of likely N-dealkylation sites (tertiary alicyclic amines) is 1. The molecule has 1 aliphatic heterocycles. The van der Waals surface area contributed by atoms with Crippen molar-refractivity contribution in [3.63, 3.8) is 0 Å². The van der Waals surface area contributed by atoms with Gasteiger partial charge in [-0.25, -0.2) is 8.91 Å². The predicted molar refractivity (Wildman–Crippen MR) is 134 cm³/mol. The van der Waals surface area contributed by atoms with E-state index in [1.807, 2.05) is 13.0 Å². The number of halogens is 1. The Hall–Kier alpha value is -3.88. The van der Waals surface area contributed by atoms with E-state index in [1.165, 1.54) is 4.90 Å². The second kappa shape index (κ2) is 7.57. The Labute approximate surface area is 212 Å². The molecule has 3 saturated carbocycles. The molecule has 8 rings (SSSR count). The molecule has 2 amide bonds. The van der Waals surface area contributed by atoms with Crippen molar-refractivity contribution in [3.05, 3.63) is 59.1 Å². The zero-order valence-corrected chi connectivity index (χ0v) is 20.9. The lowest BCUT2D eigenvalue weighted by atomic mass is 9.50. The number of fused-ring (bicyclic) bond motifs is 2. The number of rotatable bonds is 5. The van der Waals surface area contributed by atoms with E-state index in [-0.39, 0.29) is 23.9 Å². The van der Waals surface area contributed by atoms with Gasteiger partial charge < -0.3 is 19.4 Å². The van der Waals surface area contributed by atoms with Gasteiger partial charge in [0.2, 0.25) is 0 Å². The highest BCUT2D eigenvalue weighted by Crippen LogP contribution is 2.57. The van der Waals surface area contributed by atoms with Crippen molar-refractivity contribution in [2.45, 2.75) is 57.8 Å². The summed E-state index contributed by atoms with van der Waals surface area (Å²) in [6.45, 7) is 5.45. The van der Waals surface area contributed by atoms with E-state index in [2.05, 4.69) is 10.4 Å². The minimum absolute atomic E-state index is 0.00980. The van der Waals surface area contributed by atoms with Gasteiger partial charge in [-0.1, -0.05) is 0 Å². The first-order valence-electron chi connectivity index (χ1n) is 12.7. The maximum atomic E-state index is 13.7. The second-order valence-corrected chi connectivity index (χ2v) is 10.9. The molecular weight excluding hydrogens is 475 g/mol. The number of alkyl halides is 1. The SMILES string of the molecule is Cc1oc2cc(Oc3ccnn4cc(C(=O)N5C[C@@H](F)[C@@H]5C)c(C)c34)ccc2c1C(=O)NC12CC(C1)C2. The van der Waals surface area contributed by atoms with Crippen molar-refractivity contribution in [1.82, 2.24) is 19.8 Å². The average molecular weight is 503 g/mol. The van der Waals surface area contributed by atoms with Crippen LogP contribution in [0.4, 0.5) is 4.39 Å². The molecule has 4 aliphatic rings.